The molecule has 5 heteroatoms. The van der Waals surface area contributed by atoms with Crippen molar-refractivity contribution in [1.29, 1.82) is 0 Å². The largest absolute Gasteiger partial charge is 0.394 e. The average molecular weight is 345 g/mol. The molecule has 20 heavy (non-hydrogen) atoms. The van der Waals surface area contributed by atoms with Crippen molar-refractivity contribution in [1.82, 2.24) is 5.32 Å². The third kappa shape index (κ3) is 4.74. The maximum absolute atomic E-state index is 9.55. The summed E-state index contributed by atoms with van der Waals surface area (Å²) in [6, 6.07) is 6.23. The highest BCUT2D eigenvalue weighted by Crippen LogP contribution is 2.29. The summed E-state index contributed by atoms with van der Waals surface area (Å²) >= 11 is 3.52. The molecule has 0 fully saturated rings. The van der Waals surface area contributed by atoms with Gasteiger partial charge in [0, 0.05) is 37.4 Å². The minimum atomic E-state index is -0.303. The molecule has 0 bridgehead atoms. The molecule has 0 aliphatic carbocycles. The molecule has 0 radical (unpaired) electrons. The highest BCUT2D eigenvalue weighted by Gasteiger charge is 2.24. The SMILES string of the molecule is COCCNCc1ccc(Br)cc1N(C)C(C)(C)CO. The van der Waals surface area contributed by atoms with Crippen LogP contribution < -0.4 is 10.2 Å². The number of aliphatic hydroxyl groups is 1. The average Bonchev–Trinajstić information content (AvgIpc) is 2.44. The van der Waals surface area contributed by atoms with Gasteiger partial charge in [-0.15, -0.1) is 0 Å². The smallest absolute Gasteiger partial charge is 0.0658 e. The molecule has 0 saturated heterocycles. The molecule has 0 aromatic heterocycles. The first-order valence-corrected chi connectivity index (χ1v) is 7.54. The molecule has 0 saturated carbocycles. The summed E-state index contributed by atoms with van der Waals surface area (Å²) in [6.45, 7) is 6.44. The van der Waals surface area contributed by atoms with Crippen molar-refractivity contribution >= 4 is 21.6 Å². The van der Waals surface area contributed by atoms with Gasteiger partial charge in [-0.05, 0) is 31.5 Å². The summed E-state index contributed by atoms with van der Waals surface area (Å²) in [7, 11) is 3.71. The third-order valence-electron chi connectivity index (χ3n) is 3.50. The number of hydrogen-bond acceptors (Lipinski definition) is 4. The highest BCUT2D eigenvalue weighted by atomic mass is 79.9. The molecule has 0 spiro atoms. The lowest BCUT2D eigenvalue weighted by atomic mass is 10.0. The molecule has 4 nitrogen and oxygen atoms in total. The topological polar surface area (TPSA) is 44.7 Å². The van der Waals surface area contributed by atoms with E-state index in [1.165, 1.54) is 5.56 Å². The van der Waals surface area contributed by atoms with Crippen LogP contribution in [0.25, 0.3) is 0 Å². The van der Waals surface area contributed by atoms with Crippen molar-refractivity contribution in [2.24, 2.45) is 0 Å². The minimum absolute atomic E-state index is 0.104. The van der Waals surface area contributed by atoms with Crippen LogP contribution in [0.5, 0.6) is 0 Å². The molecule has 0 heterocycles. The Kier molecular flexibility index (Phi) is 6.95. The zero-order valence-corrected chi connectivity index (χ0v) is 14.3. The van der Waals surface area contributed by atoms with Gasteiger partial charge in [-0.25, -0.2) is 0 Å². The number of likely N-dealkylation sites (N-methyl/N-ethyl adjacent to an activating group) is 1. The van der Waals surface area contributed by atoms with Crippen LogP contribution in [0.4, 0.5) is 5.69 Å². The third-order valence-corrected chi connectivity index (χ3v) is 4.00. The van der Waals surface area contributed by atoms with E-state index in [1.54, 1.807) is 7.11 Å². The zero-order valence-electron chi connectivity index (χ0n) is 12.7. The standard InChI is InChI=1S/C15H25BrN2O2/c1-15(2,11-19)18(3)14-9-13(16)6-5-12(14)10-17-7-8-20-4/h5-6,9,17,19H,7-8,10-11H2,1-4H3. The number of nitrogens with one attached hydrogen (secondary N) is 1. The number of aliphatic hydroxyl groups excluding tert-OH is 1. The molecule has 0 amide bonds. The van der Waals surface area contributed by atoms with E-state index in [1.807, 2.05) is 27.0 Å². The maximum atomic E-state index is 9.55. The number of anilines is 1. The number of ether oxygens (including phenoxy) is 1. The van der Waals surface area contributed by atoms with E-state index in [2.05, 4.69) is 38.3 Å². The van der Waals surface area contributed by atoms with Crippen molar-refractivity contribution in [3.63, 3.8) is 0 Å². The van der Waals surface area contributed by atoms with Crippen LogP contribution in [0.3, 0.4) is 0 Å². The fourth-order valence-electron chi connectivity index (χ4n) is 1.83. The lowest BCUT2D eigenvalue weighted by Crippen LogP contribution is -2.45. The van der Waals surface area contributed by atoms with Gasteiger partial charge in [-0.1, -0.05) is 22.0 Å². The maximum Gasteiger partial charge on any atom is 0.0658 e. The van der Waals surface area contributed by atoms with Crippen LogP contribution in [0.1, 0.15) is 19.4 Å². The van der Waals surface area contributed by atoms with E-state index in [0.29, 0.717) is 6.61 Å². The summed E-state index contributed by atoms with van der Waals surface area (Å²) in [4.78, 5) is 2.12. The predicted octanol–water partition coefficient (Wildman–Crippen LogP) is 2.39. The van der Waals surface area contributed by atoms with E-state index in [4.69, 9.17) is 4.74 Å². The summed E-state index contributed by atoms with van der Waals surface area (Å²) < 4.78 is 6.07. The van der Waals surface area contributed by atoms with Crippen LogP contribution in [0, 0.1) is 0 Å². The summed E-state index contributed by atoms with van der Waals surface area (Å²) in [5.41, 5.74) is 2.01. The van der Waals surface area contributed by atoms with Gasteiger partial charge in [0.05, 0.1) is 18.8 Å². The molecule has 114 valence electrons. The fraction of sp³-hybridized carbons (Fsp3) is 0.600. The van der Waals surface area contributed by atoms with Gasteiger partial charge in [-0.2, -0.15) is 0 Å². The Bertz CT molecular complexity index is 424. The van der Waals surface area contributed by atoms with E-state index >= 15 is 0 Å². The Balaban J connectivity index is 2.90. The summed E-state index contributed by atoms with van der Waals surface area (Å²) in [6.07, 6.45) is 0. The van der Waals surface area contributed by atoms with Crippen molar-refractivity contribution in [2.45, 2.75) is 25.9 Å². The molecule has 1 aromatic rings. The van der Waals surface area contributed by atoms with Gasteiger partial charge >= 0.3 is 0 Å². The van der Waals surface area contributed by atoms with Crippen molar-refractivity contribution in [2.75, 3.05) is 38.8 Å². The van der Waals surface area contributed by atoms with E-state index in [0.717, 1.165) is 23.2 Å². The Hall–Kier alpha value is -0.620. The summed E-state index contributed by atoms with van der Waals surface area (Å²) in [5, 5.41) is 12.9. The van der Waals surface area contributed by atoms with Crippen molar-refractivity contribution in [3.8, 4) is 0 Å². The first-order chi connectivity index (χ1) is 9.42. The van der Waals surface area contributed by atoms with E-state index in [-0.39, 0.29) is 12.1 Å². The molecule has 0 unspecified atom stereocenters. The molecular formula is C15H25BrN2O2. The van der Waals surface area contributed by atoms with Gasteiger partial charge in [0.15, 0.2) is 0 Å². The second-order valence-electron chi connectivity index (χ2n) is 5.47. The van der Waals surface area contributed by atoms with Gasteiger partial charge in [-0.3, -0.25) is 0 Å². The lowest BCUT2D eigenvalue weighted by molar-refractivity contribution is 0.199. The number of halogens is 1. The molecular weight excluding hydrogens is 320 g/mol. The molecule has 1 rings (SSSR count). The summed E-state index contributed by atoms with van der Waals surface area (Å²) in [5.74, 6) is 0. The Morgan fingerprint density at radius 2 is 2.10 bits per heavy atom. The number of hydrogen-bond donors (Lipinski definition) is 2. The second-order valence-corrected chi connectivity index (χ2v) is 6.39. The zero-order chi connectivity index (χ0) is 15.2. The molecule has 1 aromatic carbocycles. The van der Waals surface area contributed by atoms with Crippen LogP contribution in [0.2, 0.25) is 0 Å². The Labute approximate surface area is 130 Å². The monoisotopic (exact) mass is 344 g/mol. The highest BCUT2D eigenvalue weighted by molar-refractivity contribution is 9.10. The van der Waals surface area contributed by atoms with Crippen LogP contribution in [-0.4, -0.2) is 44.6 Å². The second kappa shape index (κ2) is 7.98. The number of methoxy groups -OCH3 is 1. The number of rotatable bonds is 8. The van der Waals surface area contributed by atoms with Crippen LogP contribution in [0.15, 0.2) is 22.7 Å². The Morgan fingerprint density at radius 1 is 1.40 bits per heavy atom. The molecule has 2 N–H and O–H groups in total. The molecule has 0 atom stereocenters. The normalized spacial score (nSPS) is 11.7. The van der Waals surface area contributed by atoms with Gasteiger partial charge in [0.2, 0.25) is 0 Å². The van der Waals surface area contributed by atoms with E-state index in [9.17, 15) is 5.11 Å². The molecule has 0 aliphatic heterocycles. The molecule has 0 aliphatic rings. The Morgan fingerprint density at radius 3 is 2.70 bits per heavy atom. The first kappa shape index (κ1) is 17.4. The lowest BCUT2D eigenvalue weighted by Gasteiger charge is -2.37. The first-order valence-electron chi connectivity index (χ1n) is 6.75. The van der Waals surface area contributed by atoms with E-state index < -0.39 is 0 Å². The van der Waals surface area contributed by atoms with Gasteiger partial charge in [0.25, 0.3) is 0 Å². The minimum Gasteiger partial charge on any atom is -0.394 e. The quantitative estimate of drug-likeness (QED) is 0.710. The van der Waals surface area contributed by atoms with Gasteiger partial charge < -0.3 is 20.1 Å². The van der Waals surface area contributed by atoms with Gasteiger partial charge in [0.1, 0.15) is 0 Å². The number of nitrogens with zero attached hydrogens (tertiary/aromatic N) is 1. The van der Waals surface area contributed by atoms with Crippen molar-refractivity contribution in [3.05, 3.63) is 28.2 Å². The number of benzene rings is 1. The fourth-order valence-corrected chi connectivity index (χ4v) is 2.18. The van der Waals surface area contributed by atoms with Crippen LogP contribution >= 0.6 is 15.9 Å². The van der Waals surface area contributed by atoms with Crippen molar-refractivity contribution < 1.29 is 9.84 Å². The van der Waals surface area contributed by atoms with Crippen LogP contribution in [-0.2, 0) is 11.3 Å². The predicted molar refractivity (Wildman–Crippen MR) is 87.3 cm³/mol.